The van der Waals surface area contributed by atoms with Gasteiger partial charge in [-0.25, -0.2) is 0 Å². The largest absolute Gasteiger partial charge is 0.423 e. The molecule has 0 spiro atoms. The minimum atomic E-state index is -4.86. The Morgan fingerprint density at radius 3 is 1.98 bits per heavy atom. The molecule has 2 N–H and O–H groups in total. The van der Waals surface area contributed by atoms with Gasteiger partial charge < -0.3 is 15.5 Å². The van der Waals surface area contributed by atoms with E-state index in [1.807, 2.05) is 0 Å². The van der Waals surface area contributed by atoms with E-state index < -0.39 is 39.7 Å². The molecule has 2 aromatic carbocycles. The van der Waals surface area contributed by atoms with Crippen molar-refractivity contribution < 1.29 is 36.1 Å². The van der Waals surface area contributed by atoms with Crippen LogP contribution in [0, 0.1) is 27.4 Å². The maximum atomic E-state index is 13.3. The van der Waals surface area contributed by atoms with Gasteiger partial charge in [-0.2, -0.15) is 31.6 Å². The zero-order chi connectivity index (χ0) is 32.1. The van der Waals surface area contributed by atoms with Crippen LogP contribution < -0.4 is 10.6 Å². The lowest BCUT2D eigenvalue weighted by Crippen LogP contribution is -2.42. The summed E-state index contributed by atoms with van der Waals surface area (Å²) in [7, 11) is 0. The van der Waals surface area contributed by atoms with Gasteiger partial charge in [-0.15, -0.1) is 0 Å². The van der Waals surface area contributed by atoms with Crippen molar-refractivity contribution in [2.45, 2.75) is 82.2 Å². The number of hydrogen-bond donors (Lipinski definition) is 2. The van der Waals surface area contributed by atoms with Crippen molar-refractivity contribution in [2.75, 3.05) is 23.7 Å². The molecule has 0 aromatic heterocycles. The Labute approximate surface area is 250 Å². The number of anilines is 2. The number of piperidine rings is 1. The van der Waals surface area contributed by atoms with Crippen LogP contribution in [0.2, 0.25) is 0 Å². The first-order valence-corrected chi connectivity index (χ1v) is 14.5. The highest BCUT2D eigenvalue weighted by molar-refractivity contribution is 5.76. The number of nitriles is 1. The molecule has 2 aliphatic rings. The fourth-order valence-corrected chi connectivity index (χ4v) is 6.02. The van der Waals surface area contributed by atoms with Gasteiger partial charge in [-0.3, -0.25) is 14.9 Å². The van der Waals surface area contributed by atoms with Crippen LogP contribution in [0.5, 0.6) is 0 Å². The highest BCUT2D eigenvalue weighted by atomic mass is 19.4. The molecule has 44 heavy (non-hydrogen) atoms. The van der Waals surface area contributed by atoms with Gasteiger partial charge in [-0.1, -0.05) is 0 Å². The van der Waals surface area contributed by atoms with Gasteiger partial charge in [0.1, 0.15) is 5.56 Å². The van der Waals surface area contributed by atoms with Gasteiger partial charge in [0.25, 0.3) is 5.69 Å². The Morgan fingerprint density at radius 2 is 1.43 bits per heavy atom. The van der Waals surface area contributed by atoms with Gasteiger partial charge >= 0.3 is 12.4 Å². The maximum Gasteiger partial charge on any atom is 0.423 e. The molecule has 1 aliphatic heterocycles. The predicted octanol–water partition coefficient (Wildman–Crippen LogP) is 7.75. The highest BCUT2D eigenvalue weighted by Crippen LogP contribution is 2.38. The van der Waals surface area contributed by atoms with Crippen LogP contribution in [-0.4, -0.2) is 40.9 Å². The van der Waals surface area contributed by atoms with Crippen molar-refractivity contribution >= 4 is 23.0 Å². The molecule has 1 saturated carbocycles. The van der Waals surface area contributed by atoms with E-state index in [1.165, 1.54) is 18.2 Å². The average molecular weight is 626 g/mol. The van der Waals surface area contributed by atoms with Crippen molar-refractivity contribution in [2.24, 2.45) is 5.92 Å². The number of alkyl halides is 6. The van der Waals surface area contributed by atoms with Gasteiger partial charge in [-0.05, 0) is 87.6 Å². The van der Waals surface area contributed by atoms with Crippen molar-refractivity contribution in [1.82, 2.24) is 4.90 Å². The first kappa shape index (κ1) is 32.9. The summed E-state index contributed by atoms with van der Waals surface area (Å²) in [5.41, 5.74) is -3.20. The van der Waals surface area contributed by atoms with E-state index in [0.29, 0.717) is 50.4 Å². The Hall–Kier alpha value is -4.02. The number of benzene rings is 2. The van der Waals surface area contributed by atoms with E-state index in [9.17, 15) is 41.3 Å². The van der Waals surface area contributed by atoms with Crippen LogP contribution in [0.25, 0.3) is 0 Å². The number of nitrogens with zero attached hydrogens (tertiary/aromatic N) is 3. The first-order chi connectivity index (χ1) is 20.7. The second-order valence-electron chi connectivity index (χ2n) is 11.4. The highest BCUT2D eigenvalue weighted by Gasteiger charge is 2.39. The average Bonchev–Trinajstić information content (AvgIpc) is 2.97. The molecule has 0 radical (unpaired) electrons. The third-order valence-corrected chi connectivity index (χ3v) is 8.38. The van der Waals surface area contributed by atoms with Gasteiger partial charge in [0.2, 0.25) is 5.91 Å². The third-order valence-electron chi connectivity index (χ3n) is 8.38. The lowest BCUT2D eigenvalue weighted by atomic mass is 9.83. The van der Waals surface area contributed by atoms with E-state index in [4.69, 9.17) is 5.26 Å². The van der Waals surface area contributed by atoms with Crippen LogP contribution in [0.1, 0.15) is 74.5 Å². The monoisotopic (exact) mass is 625 g/mol. The zero-order valence-electron chi connectivity index (χ0n) is 23.8. The molecule has 1 amide bonds. The van der Waals surface area contributed by atoms with E-state index in [-0.39, 0.29) is 23.7 Å². The number of nitro benzene ring substituents is 1. The Kier molecular flexibility index (Phi) is 10.3. The van der Waals surface area contributed by atoms with Crippen molar-refractivity contribution in [3.05, 3.63) is 63.2 Å². The molecule has 8 nitrogen and oxygen atoms in total. The molecule has 238 valence electrons. The zero-order valence-corrected chi connectivity index (χ0v) is 23.8. The third kappa shape index (κ3) is 8.54. The second kappa shape index (κ2) is 13.7. The molecule has 1 aliphatic carbocycles. The predicted molar refractivity (Wildman–Crippen MR) is 151 cm³/mol. The number of nitro groups is 1. The molecule has 4 rings (SSSR count). The molecular weight excluding hydrogens is 592 g/mol. The first-order valence-electron chi connectivity index (χ1n) is 14.5. The molecule has 2 fully saturated rings. The summed E-state index contributed by atoms with van der Waals surface area (Å²) in [5.74, 6) is 0.445. The van der Waals surface area contributed by atoms with Gasteiger partial charge in [0.05, 0.1) is 22.1 Å². The van der Waals surface area contributed by atoms with Crippen LogP contribution in [0.4, 0.5) is 43.4 Å². The van der Waals surface area contributed by atoms with Crippen LogP contribution in [0.15, 0.2) is 36.4 Å². The minimum Gasteiger partial charge on any atom is -0.382 e. The smallest absolute Gasteiger partial charge is 0.382 e. The molecule has 0 bridgehead atoms. The van der Waals surface area contributed by atoms with Gasteiger partial charge in [0, 0.05) is 49.0 Å². The van der Waals surface area contributed by atoms with Gasteiger partial charge in [0.15, 0.2) is 0 Å². The number of halogens is 6. The van der Waals surface area contributed by atoms with Crippen molar-refractivity contribution in [3.8, 4) is 6.07 Å². The van der Waals surface area contributed by atoms with E-state index >= 15 is 0 Å². The number of nitrogens with one attached hydrogen (secondary N) is 2. The van der Waals surface area contributed by atoms with Crippen LogP contribution in [-0.2, 0) is 17.1 Å². The SMILES string of the molecule is N#Cc1ccc(N[C@H]2CC[C@H](CCCC(=O)N3CCC(Nc4ccc([N+](=O)[O-])c(C(F)(F)F)c4)CC3)CC2)cc1C(F)(F)F. The summed E-state index contributed by atoms with van der Waals surface area (Å²) in [5, 5.41) is 26.1. The summed E-state index contributed by atoms with van der Waals surface area (Å²) in [6.07, 6.45) is -3.06. The minimum absolute atomic E-state index is 0.0229. The summed E-state index contributed by atoms with van der Waals surface area (Å²) < 4.78 is 79.6. The standard InChI is InChI=1S/C30H33F6N5O3/c31-29(32,33)25-16-23(9-6-20(25)18-37)38-21-7-4-19(5-8-21)2-1-3-28(42)40-14-12-22(13-15-40)39-24-10-11-27(41(43)44)26(17-24)30(34,35)36/h6,9-11,16-17,19,21-22,38-39H,1-5,7-8,12-15H2/t19-,21-. The Balaban J connectivity index is 1.16. The van der Waals surface area contributed by atoms with Crippen molar-refractivity contribution in [1.29, 1.82) is 5.26 Å². The summed E-state index contributed by atoms with van der Waals surface area (Å²) in [4.78, 5) is 24.4. The number of amides is 1. The van der Waals surface area contributed by atoms with E-state index in [2.05, 4.69) is 10.6 Å². The molecule has 14 heteroatoms. The molecular formula is C30H33F6N5O3. The number of carbonyl (C=O) groups excluding carboxylic acids is 1. The molecule has 1 heterocycles. The number of likely N-dealkylation sites (tertiary alicyclic amines) is 1. The summed E-state index contributed by atoms with van der Waals surface area (Å²) in [6.45, 7) is 0.912. The van der Waals surface area contributed by atoms with Crippen LogP contribution in [0.3, 0.4) is 0 Å². The second-order valence-corrected chi connectivity index (χ2v) is 11.4. The Bertz CT molecular complexity index is 1370. The molecule has 0 atom stereocenters. The Morgan fingerprint density at radius 1 is 0.886 bits per heavy atom. The quantitative estimate of drug-likeness (QED) is 0.168. The van der Waals surface area contributed by atoms with E-state index in [1.54, 1.807) is 11.0 Å². The lowest BCUT2D eigenvalue weighted by Gasteiger charge is -2.33. The molecule has 0 unspecified atom stereocenters. The molecule has 2 aromatic rings. The molecule has 1 saturated heterocycles. The van der Waals surface area contributed by atoms with Crippen molar-refractivity contribution in [3.63, 3.8) is 0 Å². The number of carbonyl (C=O) groups is 1. The lowest BCUT2D eigenvalue weighted by molar-refractivity contribution is -0.388. The topological polar surface area (TPSA) is 111 Å². The number of hydrogen-bond acceptors (Lipinski definition) is 6. The fraction of sp³-hybridized carbons (Fsp3) is 0.533. The summed E-state index contributed by atoms with van der Waals surface area (Å²) in [6, 6.07) is 7.93. The maximum absolute atomic E-state index is 13.3. The number of rotatable bonds is 9. The summed E-state index contributed by atoms with van der Waals surface area (Å²) >= 11 is 0. The fourth-order valence-electron chi connectivity index (χ4n) is 6.02. The van der Waals surface area contributed by atoms with E-state index in [0.717, 1.165) is 50.3 Å². The van der Waals surface area contributed by atoms with Crippen LogP contribution >= 0.6 is 0 Å². The normalized spacial score (nSPS) is 19.7.